The highest BCUT2D eigenvalue weighted by Crippen LogP contribution is 2.35. The van der Waals surface area contributed by atoms with Gasteiger partial charge >= 0.3 is 11.9 Å². The predicted octanol–water partition coefficient (Wildman–Crippen LogP) is 3.81. The van der Waals surface area contributed by atoms with E-state index >= 15 is 0 Å². The summed E-state index contributed by atoms with van der Waals surface area (Å²) in [5, 5.41) is 13.1. The number of carbonyl (C=O) groups excluding carboxylic acids is 2. The lowest BCUT2D eigenvalue weighted by molar-refractivity contribution is -0.140. The second kappa shape index (κ2) is 13.5. The lowest BCUT2D eigenvalue weighted by Crippen LogP contribution is -2.45. The van der Waals surface area contributed by atoms with E-state index in [9.17, 15) is 9.59 Å². The molecular formula is C29H32N4O6S2. The van der Waals surface area contributed by atoms with E-state index in [1.54, 1.807) is 39.8 Å². The van der Waals surface area contributed by atoms with Gasteiger partial charge < -0.3 is 40.2 Å². The van der Waals surface area contributed by atoms with E-state index in [2.05, 4.69) is 21.3 Å². The molecule has 2 aromatic rings. The Morgan fingerprint density at radius 2 is 1.10 bits per heavy atom. The van der Waals surface area contributed by atoms with Crippen molar-refractivity contribution in [1.29, 1.82) is 0 Å². The van der Waals surface area contributed by atoms with Gasteiger partial charge in [0.15, 0.2) is 10.2 Å². The van der Waals surface area contributed by atoms with Crippen LogP contribution in [-0.4, -0.2) is 42.2 Å². The summed E-state index contributed by atoms with van der Waals surface area (Å²) in [7, 11) is 0. The highest BCUT2D eigenvalue weighted by atomic mass is 32.1. The number of nitrogens with one attached hydrogen (secondary N) is 4. The van der Waals surface area contributed by atoms with Crippen LogP contribution >= 0.6 is 24.4 Å². The maximum Gasteiger partial charge on any atom is 0.338 e. The molecule has 2 heterocycles. The molecule has 0 saturated carbocycles. The van der Waals surface area contributed by atoms with Gasteiger partial charge in [0.2, 0.25) is 6.79 Å². The van der Waals surface area contributed by atoms with Crippen LogP contribution < -0.4 is 30.7 Å². The van der Waals surface area contributed by atoms with Crippen LogP contribution in [0.2, 0.25) is 0 Å². The van der Waals surface area contributed by atoms with E-state index in [1.807, 2.05) is 36.4 Å². The summed E-state index contributed by atoms with van der Waals surface area (Å²) in [4.78, 5) is 25.7. The first-order valence-corrected chi connectivity index (χ1v) is 13.9. The fraction of sp³-hybridized carbons (Fsp3) is 0.310. The van der Waals surface area contributed by atoms with Crippen molar-refractivity contribution in [3.8, 4) is 11.5 Å². The third kappa shape index (κ3) is 6.77. The van der Waals surface area contributed by atoms with Gasteiger partial charge in [-0.1, -0.05) is 36.4 Å². The fourth-order valence-electron chi connectivity index (χ4n) is 4.67. The van der Waals surface area contributed by atoms with Gasteiger partial charge in [-0.3, -0.25) is 0 Å². The van der Waals surface area contributed by atoms with Crippen molar-refractivity contribution >= 4 is 46.6 Å². The minimum Gasteiger partial charge on any atom is -0.463 e. The van der Waals surface area contributed by atoms with Gasteiger partial charge in [0.1, 0.15) is 11.5 Å². The van der Waals surface area contributed by atoms with E-state index < -0.39 is 24.0 Å². The first kappa shape index (κ1) is 29.8. The normalized spacial score (nSPS) is 18.4. The number of rotatable bonds is 10. The van der Waals surface area contributed by atoms with Gasteiger partial charge in [0.25, 0.3) is 0 Å². The molecule has 10 nitrogen and oxygen atoms in total. The lowest BCUT2D eigenvalue weighted by atomic mass is 9.95. The van der Waals surface area contributed by atoms with Crippen molar-refractivity contribution in [2.45, 2.75) is 39.8 Å². The van der Waals surface area contributed by atoms with Crippen LogP contribution in [0.3, 0.4) is 0 Å². The Kier molecular flexibility index (Phi) is 9.79. The molecule has 0 saturated heterocycles. The van der Waals surface area contributed by atoms with Gasteiger partial charge in [-0.15, -0.1) is 0 Å². The van der Waals surface area contributed by atoms with Crippen molar-refractivity contribution in [3.05, 3.63) is 82.2 Å². The summed E-state index contributed by atoms with van der Waals surface area (Å²) in [5.74, 6) is 0.0769. The number of thiocarbonyl (C=S) groups is 2. The van der Waals surface area contributed by atoms with Crippen LogP contribution in [0.5, 0.6) is 11.5 Å². The summed E-state index contributed by atoms with van der Waals surface area (Å²) in [6.07, 6.45) is 0. The zero-order chi connectivity index (χ0) is 29.5. The standard InChI is InChI=1S/C29H32N4O6S2/c1-5-36-26(34)22-16(3)30-28(40)32-24(22)18-11-7-9-13-20(18)38-15-39-21-14-10-8-12-19(21)25-23(27(35)37-6-2)17(4)31-29(41)33-25/h7-14,24-25H,5-6,15H2,1-4H3,(H2,30,32,40)(H2,31,33,41)/t24-,25-/m1/s1. The smallest absolute Gasteiger partial charge is 0.338 e. The first-order valence-electron chi connectivity index (χ1n) is 13.1. The lowest BCUT2D eigenvalue weighted by Gasteiger charge is -2.31. The second-order valence-electron chi connectivity index (χ2n) is 9.06. The van der Waals surface area contributed by atoms with E-state index in [-0.39, 0.29) is 20.0 Å². The quantitative estimate of drug-likeness (QED) is 0.181. The molecule has 2 aliphatic heterocycles. The van der Waals surface area contributed by atoms with Crippen LogP contribution in [0, 0.1) is 0 Å². The fourth-order valence-corrected chi connectivity index (χ4v) is 5.21. The molecule has 0 amide bonds. The topological polar surface area (TPSA) is 119 Å². The molecule has 41 heavy (non-hydrogen) atoms. The Bertz CT molecular complexity index is 1320. The van der Waals surface area contributed by atoms with Crippen LogP contribution in [0.25, 0.3) is 0 Å². The molecule has 2 aromatic carbocycles. The van der Waals surface area contributed by atoms with Gasteiger partial charge in [0, 0.05) is 22.5 Å². The molecule has 0 unspecified atom stereocenters. The molecule has 2 aliphatic rings. The molecule has 0 aromatic heterocycles. The third-order valence-electron chi connectivity index (χ3n) is 6.42. The van der Waals surface area contributed by atoms with Crippen molar-refractivity contribution in [3.63, 3.8) is 0 Å². The summed E-state index contributed by atoms with van der Waals surface area (Å²) in [6.45, 7) is 7.37. The molecule has 0 spiro atoms. The largest absolute Gasteiger partial charge is 0.463 e. The molecule has 0 bridgehead atoms. The maximum absolute atomic E-state index is 12.8. The van der Waals surface area contributed by atoms with Crippen molar-refractivity contribution in [1.82, 2.24) is 21.3 Å². The minimum absolute atomic E-state index is 0.159. The number of carbonyl (C=O) groups is 2. The Morgan fingerprint density at radius 3 is 1.49 bits per heavy atom. The molecule has 2 atom stereocenters. The number of allylic oxidation sites excluding steroid dienone is 2. The number of hydrogen-bond acceptors (Lipinski definition) is 8. The zero-order valence-electron chi connectivity index (χ0n) is 23.2. The van der Waals surface area contributed by atoms with Crippen LogP contribution in [0.15, 0.2) is 71.1 Å². The van der Waals surface area contributed by atoms with Gasteiger partial charge in [0.05, 0.1) is 36.4 Å². The van der Waals surface area contributed by atoms with Crippen LogP contribution in [0.4, 0.5) is 0 Å². The molecule has 4 rings (SSSR count). The Balaban J connectivity index is 1.58. The van der Waals surface area contributed by atoms with Gasteiger partial charge in [-0.05, 0) is 64.3 Å². The summed E-state index contributed by atoms with van der Waals surface area (Å²) in [5.41, 5.74) is 3.39. The number of hydrogen-bond donors (Lipinski definition) is 4. The monoisotopic (exact) mass is 596 g/mol. The Labute approximate surface area is 249 Å². The van der Waals surface area contributed by atoms with E-state index in [1.165, 1.54) is 0 Å². The third-order valence-corrected chi connectivity index (χ3v) is 6.86. The van der Waals surface area contributed by atoms with Gasteiger partial charge in [-0.2, -0.15) is 0 Å². The Morgan fingerprint density at radius 1 is 0.707 bits per heavy atom. The van der Waals surface area contributed by atoms with E-state index in [0.717, 1.165) is 0 Å². The SMILES string of the molecule is CCOC(=O)C1=C(C)NC(=S)N[C@@H]1c1ccccc1OCOc1ccccc1[C@H]1NC(=S)NC(C)=C1C(=O)OCC. The van der Waals surface area contributed by atoms with Crippen molar-refractivity contribution in [2.24, 2.45) is 0 Å². The van der Waals surface area contributed by atoms with E-state index in [4.69, 9.17) is 43.4 Å². The number of para-hydroxylation sites is 2. The van der Waals surface area contributed by atoms with E-state index in [0.29, 0.717) is 55.4 Å². The molecule has 4 N–H and O–H groups in total. The van der Waals surface area contributed by atoms with Crippen molar-refractivity contribution in [2.75, 3.05) is 20.0 Å². The molecule has 0 aliphatic carbocycles. The predicted molar refractivity (Wildman–Crippen MR) is 161 cm³/mol. The number of benzene rings is 2. The molecule has 12 heteroatoms. The number of ether oxygens (including phenoxy) is 4. The summed E-state index contributed by atoms with van der Waals surface area (Å²) < 4.78 is 22.8. The average Bonchev–Trinajstić information content (AvgIpc) is 2.93. The average molecular weight is 597 g/mol. The minimum atomic E-state index is -0.591. The summed E-state index contributed by atoms with van der Waals surface area (Å²) in [6, 6.07) is 13.4. The second-order valence-corrected chi connectivity index (χ2v) is 9.88. The summed E-state index contributed by atoms with van der Waals surface area (Å²) >= 11 is 10.7. The molecular weight excluding hydrogens is 564 g/mol. The number of esters is 2. The van der Waals surface area contributed by atoms with Gasteiger partial charge in [-0.25, -0.2) is 9.59 Å². The molecule has 0 radical (unpaired) electrons. The Hall–Kier alpha value is -4.16. The highest BCUT2D eigenvalue weighted by Gasteiger charge is 2.34. The first-order chi connectivity index (χ1) is 19.7. The van der Waals surface area contributed by atoms with Crippen LogP contribution in [-0.2, 0) is 19.1 Å². The van der Waals surface area contributed by atoms with Crippen molar-refractivity contribution < 1.29 is 28.5 Å². The molecule has 216 valence electrons. The maximum atomic E-state index is 12.8. The highest BCUT2D eigenvalue weighted by molar-refractivity contribution is 7.80. The van der Waals surface area contributed by atoms with Crippen LogP contribution in [0.1, 0.15) is 50.9 Å². The molecule has 0 fully saturated rings. The zero-order valence-corrected chi connectivity index (χ0v) is 24.8.